The van der Waals surface area contributed by atoms with Gasteiger partial charge in [0.05, 0.1) is 34.4 Å². The molecular weight excluding hydrogens is 607 g/mol. The van der Waals surface area contributed by atoms with Crippen LogP contribution in [0.15, 0.2) is 58.4 Å². The average Bonchev–Trinajstić information content (AvgIpc) is 2.91. The Balaban J connectivity index is 1.92. The molecule has 4 rings (SSSR count). The molecular formula is C30H29IN4O4. The van der Waals surface area contributed by atoms with Crippen molar-refractivity contribution < 1.29 is 14.2 Å². The van der Waals surface area contributed by atoms with Crippen LogP contribution in [-0.4, -0.2) is 36.2 Å². The van der Waals surface area contributed by atoms with Gasteiger partial charge in [0, 0.05) is 5.56 Å². The van der Waals surface area contributed by atoms with Gasteiger partial charge in [0.1, 0.15) is 11.8 Å². The molecule has 0 aliphatic heterocycles. The van der Waals surface area contributed by atoms with Crippen molar-refractivity contribution in [3.05, 3.63) is 79.1 Å². The number of para-hydroxylation sites is 1. The Hall–Kier alpha value is -3.91. The van der Waals surface area contributed by atoms with Crippen LogP contribution >= 0.6 is 22.6 Å². The first-order chi connectivity index (χ1) is 18.8. The van der Waals surface area contributed by atoms with Gasteiger partial charge >= 0.3 is 0 Å². The smallest absolute Gasteiger partial charge is 0.282 e. The topological polar surface area (TPSA) is 98.7 Å². The molecule has 0 bridgehead atoms. The Morgan fingerprint density at radius 3 is 2.62 bits per heavy atom. The van der Waals surface area contributed by atoms with Crippen molar-refractivity contribution in [2.45, 2.75) is 33.6 Å². The van der Waals surface area contributed by atoms with Gasteiger partial charge in [0.25, 0.3) is 5.56 Å². The minimum atomic E-state index is -0.276. The summed E-state index contributed by atoms with van der Waals surface area (Å²) in [6.45, 7) is 8.61. The molecule has 4 aromatic rings. The van der Waals surface area contributed by atoms with Gasteiger partial charge < -0.3 is 14.2 Å². The molecule has 0 amide bonds. The SMILES string of the molecule is CCOc1cc(C)c(-c2nc3ccccc3c(=O)n2N=Cc2cc(I)c(OCC#N)c(OC)c2)cc1C(C)C. The Kier molecular flexibility index (Phi) is 8.86. The van der Waals surface area contributed by atoms with Gasteiger partial charge in [0.2, 0.25) is 0 Å². The molecule has 1 heterocycles. The van der Waals surface area contributed by atoms with Gasteiger partial charge in [0.15, 0.2) is 23.9 Å². The number of benzene rings is 3. The van der Waals surface area contributed by atoms with E-state index in [-0.39, 0.29) is 18.1 Å². The van der Waals surface area contributed by atoms with E-state index in [1.165, 1.54) is 11.8 Å². The minimum Gasteiger partial charge on any atom is -0.494 e. The van der Waals surface area contributed by atoms with Crippen molar-refractivity contribution in [2.24, 2.45) is 5.10 Å². The minimum absolute atomic E-state index is 0.0961. The number of fused-ring (bicyclic) bond motifs is 1. The Labute approximate surface area is 241 Å². The molecule has 0 radical (unpaired) electrons. The molecule has 0 saturated heterocycles. The number of halogens is 1. The number of aryl methyl sites for hydroxylation is 1. The average molecular weight is 636 g/mol. The Morgan fingerprint density at radius 2 is 1.92 bits per heavy atom. The fourth-order valence-corrected chi connectivity index (χ4v) is 5.04. The van der Waals surface area contributed by atoms with Crippen molar-refractivity contribution in [3.8, 4) is 34.7 Å². The van der Waals surface area contributed by atoms with Crippen LogP contribution in [0.5, 0.6) is 17.2 Å². The lowest BCUT2D eigenvalue weighted by molar-refractivity contribution is 0.327. The highest BCUT2D eigenvalue weighted by atomic mass is 127. The molecule has 0 fully saturated rings. The third-order valence-electron chi connectivity index (χ3n) is 6.13. The number of hydrogen-bond donors (Lipinski definition) is 0. The number of ether oxygens (including phenoxy) is 3. The first-order valence-electron chi connectivity index (χ1n) is 12.5. The van der Waals surface area contributed by atoms with Gasteiger partial charge in [-0.2, -0.15) is 15.0 Å². The van der Waals surface area contributed by atoms with Crippen LogP contribution in [0.4, 0.5) is 0 Å². The molecule has 0 spiro atoms. The van der Waals surface area contributed by atoms with E-state index < -0.39 is 0 Å². The fourth-order valence-electron chi connectivity index (χ4n) is 4.26. The van der Waals surface area contributed by atoms with Gasteiger partial charge in [-0.3, -0.25) is 4.79 Å². The summed E-state index contributed by atoms with van der Waals surface area (Å²) < 4.78 is 19.0. The van der Waals surface area contributed by atoms with Crippen molar-refractivity contribution in [1.29, 1.82) is 5.26 Å². The van der Waals surface area contributed by atoms with E-state index in [2.05, 4.69) is 41.5 Å². The maximum Gasteiger partial charge on any atom is 0.282 e. The second kappa shape index (κ2) is 12.3. The lowest BCUT2D eigenvalue weighted by Crippen LogP contribution is -2.21. The van der Waals surface area contributed by atoms with Crippen LogP contribution < -0.4 is 19.8 Å². The van der Waals surface area contributed by atoms with Crippen molar-refractivity contribution in [3.63, 3.8) is 0 Å². The number of nitriles is 1. The highest BCUT2D eigenvalue weighted by Crippen LogP contribution is 2.35. The largest absolute Gasteiger partial charge is 0.494 e. The number of aromatic nitrogens is 2. The zero-order valence-electron chi connectivity index (χ0n) is 22.5. The zero-order valence-corrected chi connectivity index (χ0v) is 24.6. The highest BCUT2D eigenvalue weighted by molar-refractivity contribution is 14.1. The standard InChI is InChI=1S/C30H29IN4O4/c1-6-38-26-13-19(4)23(16-22(26)18(2)3)29-34-25-10-8-7-9-21(25)30(36)35(29)33-17-20-14-24(31)28(39-12-11-32)27(15-20)37-5/h7-10,13-18H,6,12H2,1-5H3. The van der Waals surface area contributed by atoms with Gasteiger partial charge in [-0.1, -0.05) is 26.0 Å². The molecule has 200 valence electrons. The van der Waals surface area contributed by atoms with E-state index >= 15 is 0 Å². The fraction of sp³-hybridized carbons (Fsp3) is 0.267. The maximum atomic E-state index is 13.7. The van der Waals surface area contributed by atoms with Crippen molar-refractivity contribution in [1.82, 2.24) is 9.66 Å². The summed E-state index contributed by atoms with van der Waals surface area (Å²) >= 11 is 2.12. The number of nitrogens with zero attached hydrogens (tertiary/aromatic N) is 4. The molecule has 1 aromatic heterocycles. The van der Waals surface area contributed by atoms with E-state index in [0.717, 1.165) is 26.0 Å². The molecule has 8 nitrogen and oxygen atoms in total. The van der Waals surface area contributed by atoms with E-state index in [1.54, 1.807) is 18.3 Å². The Bertz CT molecular complexity index is 1650. The summed E-state index contributed by atoms with van der Waals surface area (Å²) in [4.78, 5) is 18.6. The van der Waals surface area contributed by atoms with Crippen LogP contribution in [0.2, 0.25) is 0 Å². The third kappa shape index (κ3) is 5.91. The molecule has 0 aliphatic rings. The molecule has 9 heteroatoms. The summed E-state index contributed by atoms with van der Waals surface area (Å²) in [6.07, 6.45) is 1.59. The molecule has 0 atom stereocenters. The predicted octanol–water partition coefficient (Wildman–Crippen LogP) is 6.29. The zero-order chi connectivity index (χ0) is 28.1. The second-order valence-corrected chi connectivity index (χ2v) is 10.2. The predicted molar refractivity (Wildman–Crippen MR) is 161 cm³/mol. The van der Waals surface area contributed by atoms with Gasteiger partial charge in [-0.25, -0.2) is 4.98 Å². The van der Waals surface area contributed by atoms with Crippen LogP contribution in [0.25, 0.3) is 22.3 Å². The molecule has 3 aromatic carbocycles. The maximum absolute atomic E-state index is 13.7. The van der Waals surface area contributed by atoms with Gasteiger partial charge in [-0.15, -0.1) is 0 Å². The second-order valence-electron chi connectivity index (χ2n) is 9.09. The summed E-state index contributed by atoms with van der Waals surface area (Å²) in [7, 11) is 1.53. The summed E-state index contributed by atoms with van der Waals surface area (Å²) in [5.74, 6) is 2.41. The van der Waals surface area contributed by atoms with E-state index in [4.69, 9.17) is 24.5 Å². The quantitative estimate of drug-likeness (QED) is 0.158. The third-order valence-corrected chi connectivity index (χ3v) is 6.93. The van der Waals surface area contributed by atoms with Crippen molar-refractivity contribution >= 4 is 39.7 Å². The normalized spacial score (nSPS) is 11.2. The molecule has 0 saturated carbocycles. The van der Waals surface area contributed by atoms with E-state index in [0.29, 0.717) is 40.4 Å². The van der Waals surface area contributed by atoms with Gasteiger partial charge in [-0.05, 0) is 95.4 Å². The first kappa shape index (κ1) is 28.1. The molecule has 0 unspecified atom stereocenters. The Morgan fingerprint density at radius 1 is 1.15 bits per heavy atom. The summed E-state index contributed by atoms with van der Waals surface area (Å²) in [5.41, 5.74) is 3.76. The lowest BCUT2D eigenvalue weighted by Gasteiger charge is -2.18. The summed E-state index contributed by atoms with van der Waals surface area (Å²) in [6, 6.07) is 16.8. The van der Waals surface area contributed by atoms with Crippen LogP contribution in [0, 0.1) is 21.8 Å². The van der Waals surface area contributed by atoms with Crippen LogP contribution in [0.1, 0.15) is 43.4 Å². The number of hydrogen-bond acceptors (Lipinski definition) is 7. The van der Waals surface area contributed by atoms with E-state index in [9.17, 15) is 4.79 Å². The molecule has 0 N–H and O–H groups in total. The number of methoxy groups -OCH3 is 1. The highest BCUT2D eigenvalue weighted by Gasteiger charge is 2.19. The first-order valence-corrected chi connectivity index (χ1v) is 13.6. The monoisotopic (exact) mass is 636 g/mol. The van der Waals surface area contributed by atoms with Crippen LogP contribution in [0.3, 0.4) is 0 Å². The lowest BCUT2D eigenvalue weighted by atomic mass is 9.96. The van der Waals surface area contributed by atoms with E-state index in [1.807, 2.05) is 56.3 Å². The molecule has 39 heavy (non-hydrogen) atoms. The van der Waals surface area contributed by atoms with Crippen molar-refractivity contribution in [2.75, 3.05) is 20.3 Å². The number of rotatable bonds is 9. The van der Waals surface area contributed by atoms with Crippen LogP contribution in [-0.2, 0) is 0 Å². The molecule has 0 aliphatic carbocycles. The summed E-state index contributed by atoms with van der Waals surface area (Å²) in [5, 5.41) is 14.0.